The van der Waals surface area contributed by atoms with E-state index in [-0.39, 0.29) is 23.9 Å². The Hall–Kier alpha value is -3.42. The SMILES string of the molecule is COc1ccc(C2c3cc(OC)c(OC)cc3CCN2C(=O)N[C@H](C(=O)N2CCCC2)C(C)C)cc1. The van der Waals surface area contributed by atoms with Crippen LogP contribution in [0.15, 0.2) is 36.4 Å². The number of likely N-dealkylation sites (tertiary alicyclic amines) is 1. The van der Waals surface area contributed by atoms with E-state index >= 15 is 0 Å². The first-order chi connectivity index (χ1) is 17.4. The molecule has 4 rings (SSSR count). The van der Waals surface area contributed by atoms with Gasteiger partial charge < -0.3 is 29.3 Å². The van der Waals surface area contributed by atoms with Crippen molar-refractivity contribution in [3.63, 3.8) is 0 Å². The zero-order chi connectivity index (χ0) is 25.8. The van der Waals surface area contributed by atoms with Gasteiger partial charge in [0, 0.05) is 19.6 Å². The molecule has 2 aromatic carbocycles. The van der Waals surface area contributed by atoms with Gasteiger partial charge in [0.25, 0.3) is 0 Å². The van der Waals surface area contributed by atoms with Crippen LogP contribution in [0.2, 0.25) is 0 Å². The Morgan fingerprint density at radius 3 is 2.14 bits per heavy atom. The molecular formula is C28H37N3O5. The molecule has 3 amide bonds. The molecule has 8 nitrogen and oxygen atoms in total. The Balaban J connectivity index is 1.70. The summed E-state index contributed by atoms with van der Waals surface area (Å²) in [4.78, 5) is 30.7. The van der Waals surface area contributed by atoms with E-state index in [4.69, 9.17) is 14.2 Å². The molecule has 0 bridgehead atoms. The summed E-state index contributed by atoms with van der Waals surface area (Å²) < 4.78 is 16.5. The van der Waals surface area contributed by atoms with E-state index in [1.165, 1.54) is 0 Å². The maximum Gasteiger partial charge on any atom is 0.318 e. The Morgan fingerprint density at radius 2 is 1.56 bits per heavy atom. The number of benzene rings is 2. The maximum atomic E-state index is 13.8. The van der Waals surface area contributed by atoms with Gasteiger partial charge in [-0.1, -0.05) is 26.0 Å². The number of fused-ring (bicyclic) bond motifs is 1. The number of ether oxygens (including phenoxy) is 3. The largest absolute Gasteiger partial charge is 0.497 e. The number of carbonyl (C=O) groups is 2. The normalized spacial score (nSPS) is 18.0. The molecule has 0 aromatic heterocycles. The molecule has 0 spiro atoms. The zero-order valence-corrected chi connectivity index (χ0v) is 21.9. The quantitative estimate of drug-likeness (QED) is 0.628. The number of hydrogen-bond acceptors (Lipinski definition) is 5. The molecule has 2 heterocycles. The van der Waals surface area contributed by atoms with Crippen molar-refractivity contribution >= 4 is 11.9 Å². The summed E-state index contributed by atoms with van der Waals surface area (Å²) in [5.74, 6) is 2.00. The highest BCUT2D eigenvalue weighted by atomic mass is 16.5. The van der Waals surface area contributed by atoms with Gasteiger partial charge in [-0.2, -0.15) is 0 Å². The van der Waals surface area contributed by atoms with Gasteiger partial charge in [-0.05, 0) is 66.1 Å². The molecule has 2 aliphatic rings. The third kappa shape index (κ3) is 5.08. The first-order valence-electron chi connectivity index (χ1n) is 12.6. The summed E-state index contributed by atoms with van der Waals surface area (Å²) in [7, 11) is 4.86. The van der Waals surface area contributed by atoms with Gasteiger partial charge in [-0.25, -0.2) is 4.79 Å². The summed E-state index contributed by atoms with van der Waals surface area (Å²) in [5.41, 5.74) is 3.03. The lowest BCUT2D eigenvalue weighted by Gasteiger charge is -2.39. The summed E-state index contributed by atoms with van der Waals surface area (Å²) >= 11 is 0. The van der Waals surface area contributed by atoms with E-state index in [1.807, 2.05) is 60.0 Å². The number of methoxy groups -OCH3 is 3. The molecule has 1 fully saturated rings. The Morgan fingerprint density at radius 1 is 0.917 bits per heavy atom. The van der Waals surface area contributed by atoms with Crippen molar-refractivity contribution in [3.05, 3.63) is 53.1 Å². The van der Waals surface area contributed by atoms with Crippen LogP contribution < -0.4 is 19.5 Å². The van der Waals surface area contributed by atoms with Crippen molar-refractivity contribution in [1.82, 2.24) is 15.1 Å². The number of rotatable bonds is 7. The molecule has 1 saturated heterocycles. The minimum Gasteiger partial charge on any atom is -0.497 e. The van der Waals surface area contributed by atoms with Gasteiger partial charge in [-0.15, -0.1) is 0 Å². The van der Waals surface area contributed by atoms with Gasteiger partial charge in [0.05, 0.1) is 27.4 Å². The van der Waals surface area contributed by atoms with Crippen molar-refractivity contribution in [1.29, 1.82) is 0 Å². The highest BCUT2D eigenvalue weighted by Crippen LogP contribution is 2.41. The van der Waals surface area contributed by atoms with Crippen LogP contribution in [-0.4, -0.2) is 68.7 Å². The van der Waals surface area contributed by atoms with Crippen molar-refractivity contribution in [2.75, 3.05) is 41.0 Å². The van der Waals surface area contributed by atoms with E-state index in [1.54, 1.807) is 21.3 Å². The zero-order valence-electron chi connectivity index (χ0n) is 21.9. The van der Waals surface area contributed by atoms with Crippen LogP contribution in [0.4, 0.5) is 4.79 Å². The number of urea groups is 1. The summed E-state index contributed by atoms with van der Waals surface area (Å²) in [6.07, 6.45) is 2.69. The first kappa shape index (κ1) is 25.7. The first-order valence-corrected chi connectivity index (χ1v) is 12.6. The molecule has 194 valence electrons. The monoisotopic (exact) mass is 495 g/mol. The van der Waals surface area contributed by atoms with Gasteiger partial charge in [0.1, 0.15) is 11.8 Å². The number of amides is 3. The smallest absolute Gasteiger partial charge is 0.318 e. The highest BCUT2D eigenvalue weighted by molar-refractivity contribution is 5.88. The van der Waals surface area contributed by atoms with Gasteiger partial charge in [0.15, 0.2) is 11.5 Å². The van der Waals surface area contributed by atoms with Crippen molar-refractivity contribution in [3.8, 4) is 17.2 Å². The minimum atomic E-state index is -0.570. The lowest BCUT2D eigenvalue weighted by molar-refractivity contribution is -0.133. The van der Waals surface area contributed by atoms with Crippen LogP contribution >= 0.6 is 0 Å². The van der Waals surface area contributed by atoms with Crippen LogP contribution in [-0.2, 0) is 11.2 Å². The average molecular weight is 496 g/mol. The van der Waals surface area contributed by atoms with Crippen molar-refractivity contribution < 1.29 is 23.8 Å². The number of hydrogen-bond donors (Lipinski definition) is 1. The van der Waals surface area contributed by atoms with E-state index in [9.17, 15) is 9.59 Å². The topological polar surface area (TPSA) is 80.3 Å². The lowest BCUT2D eigenvalue weighted by atomic mass is 9.87. The molecule has 1 unspecified atom stereocenters. The molecular weight excluding hydrogens is 458 g/mol. The number of nitrogens with zero attached hydrogens (tertiary/aromatic N) is 2. The lowest BCUT2D eigenvalue weighted by Crippen LogP contribution is -2.55. The summed E-state index contributed by atoms with van der Waals surface area (Å²) in [6, 6.07) is 10.5. The van der Waals surface area contributed by atoms with Crippen LogP contribution in [0.3, 0.4) is 0 Å². The summed E-state index contributed by atoms with van der Waals surface area (Å²) in [6.45, 7) is 5.97. The molecule has 36 heavy (non-hydrogen) atoms. The van der Waals surface area contributed by atoms with Gasteiger partial charge >= 0.3 is 6.03 Å². The second-order valence-corrected chi connectivity index (χ2v) is 9.73. The maximum absolute atomic E-state index is 13.8. The van der Waals surface area contributed by atoms with Crippen LogP contribution in [0, 0.1) is 5.92 Å². The van der Waals surface area contributed by atoms with Crippen LogP contribution in [0.1, 0.15) is 49.4 Å². The van der Waals surface area contributed by atoms with Crippen LogP contribution in [0.25, 0.3) is 0 Å². The predicted octanol–water partition coefficient (Wildman–Crippen LogP) is 4.02. The van der Waals surface area contributed by atoms with Crippen molar-refractivity contribution in [2.24, 2.45) is 5.92 Å². The third-order valence-corrected chi connectivity index (χ3v) is 7.20. The highest BCUT2D eigenvalue weighted by Gasteiger charge is 2.37. The second kappa shape index (κ2) is 11.1. The minimum absolute atomic E-state index is 0.000614. The van der Waals surface area contributed by atoms with Gasteiger partial charge in [-0.3, -0.25) is 4.79 Å². The summed E-state index contributed by atoms with van der Waals surface area (Å²) in [5, 5.41) is 3.08. The molecule has 1 N–H and O–H groups in total. The number of nitrogens with one attached hydrogen (secondary N) is 1. The Bertz CT molecular complexity index is 1080. The molecule has 2 aliphatic heterocycles. The van der Waals surface area contributed by atoms with E-state index in [0.717, 1.165) is 48.4 Å². The average Bonchev–Trinajstić information content (AvgIpc) is 3.44. The molecule has 2 aromatic rings. The molecule has 0 saturated carbocycles. The van der Waals surface area contributed by atoms with Crippen molar-refractivity contribution in [2.45, 2.75) is 45.2 Å². The standard InChI is InChI=1S/C28H37N3O5/c1-18(2)25(27(32)30-13-6-7-14-30)29-28(33)31-15-12-20-16-23(35-4)24(36-5)17-22(20)26(31)19-8-10-21(34-3)11-9-19/h8-11,16-18,25-26H,6-7,12-15H2,1-5H3,(H,29,33)/t25-,26?/m0/s1. The number of carbonyl (C=O) groups excluding carboxylic acids is 2. The molecule has 0 radical (unpaired) electrons. The third-order valence-electron chi connectivity index (χ3n) is 7.20. The Labute approximate surface area is 213 Å². The fraction of sp³-hybridized carbons (Fsp3) is 0.500. The fourth-order valence-electron chi connectivity index (χ4n) is 5.17. The van der Waals surface area contributed by atoms with E-state index < -0.39 is 6.04 Å². The predicted molar refractivity (Wildman–Crippen MR) is 138 cm³/mol. The molecule has 8 heteroatoms. The molecule has 0 aliphatic carbocycles. The van der Waals surface area contributed by atoms with E-state index in [2.05, 4.69) is 5.32 Å². The Kier molecular flexibility index (Phi) is 7.91. The van der Waals surface area contributed by atoms with Gasteiger partial charge in [0.2, 0.25) is 5.91 Å². The fourth-order valence-corrected chi connectivity index (χ4v) is 5.17. The van der Waals surface area contributed by atoms with E-state index in [0.29, 0.717) is 24.5 Å². The second-order valence-electron chi connectivity index (χ2n) is 9.73. The van der Waals surface area contributed by atoms with Crippen LogP contribution in [0.5, 0.6) is 17.2 Å². The molecule has 2 atom stereocenters.